The average molecular weight is 463 g/mol. The van der Waals surface area contributed by atoms with E-state index in [1.54, 1.807) is 10.7 Å². The van der Waals surface area contributed by atoms with Gasteiger partial charge in [-0.1, -0.05) is 48.5 Å². The molecule has 0 aliphatic rings. The summed E-state index contributed by atoms with van der Waals surface area (Å²) in [6, 6.07) is 24.5. The summed E-state index contributed by atoms with van der Waals surface area (Å²) in [5.74, 6) is -0.0243. The van der Waals surface area contributed by atoms with Crippen molar-refractivity contribution < 1.29 is 9.72 Å². The van der Waals surface area contributed by atoms with E-state index in [1.807, 2.05) is 54.6 Å². The molecule has 0 saturated heterocycles. The van der Waals surface area contributed by atoms with Gasteiger partial charge in [-0.25, -0.2) is 4.68 Å². The maximum Gasteiger partial charge on any atom is 0.270 e. The molecule has 0 radical (unpaired) electrons. The van der Waals surface area contributed by atoms with E-state index in [4.69, 9.17) is 0 Å². The van der Waals surface area contributed by atoms with Crippen LogP contribution in [-0.2, 0) is 0 Å². The number of hydrogen-bond acceptors (Lipinski definition) is 4. The predicted molar refractivity (Wildman–Crippen MR) is 118 cm³/mol. The van der Waals surface area contributed by atoms with E-state index in [0.29, 0.717) is 11.5 Å². The lowest BCUT2D eigenvalue weighted by molar-refractivity contribution is -0.384. The van der Waals surface area contributed by atoms with Gasteiger partial charge in [0.1, 0.15) is 5.82 Å². The van der Waals surface area contributed by atoms with Crippen molar-refractivity contribution in [1.82, 2.24) is 9.78 Å². The monoisotopic (exact) mass is 462 g/mol. The SMILES string of the molecule is O=C(Nc1cc(-c2ccccc2)nn1-c1ccccc1Br)c1cccc([N+](=O)[O-])c1. The molecule has 0 spiro atoms. The maximum atomic E-state index is 12.8. The van der Waals surface area contributed by atoms with E-state index < -0.39 is 10.8 Å². The van der Waals surface area contributed by atoms with Gasteiger partial charge in [0, 0.05) is 33.8 Å². The van der Waals surface area contributed by atoms with E-state index in [1.165, 1.54) is 24.3 Å². The number of nitrogens with zero attached hydrogens (tertiary/aromatic N) is 3. The highest BCUT2D eigenvalue weighted by Crippen LogP contribution is 2.28. The van der Waals surface area contributed by atoms with Crippen LogP contribution in [0.25, 0.3) is 16.9 Å². The third-order valence-electron chi connectivity index (χ3n) is 4.42. The Balaban J connectivity index is 1.76. The first-order valence-corrected chi connectivity index (χ1v) is 9.78. The lowest BCUT2D eigenvalue weighted by Crippen LogP contribution is -2.15. The van der Waals surface area contributed by atoms with E-state index in [2.05, 4.69) is 26.3 Å². The van der Waals surface area contributed by atoms with Gasteiger partial charge >= 0.3 is 0 Å². The van der Waals surface area contributed by atoms with E-state index >= 15 is 0 Å². The molecule has 0 saturated carbocycles. The van der Waals surface area contributed by atoms with Crippen molar-refractivity contribution in [3.63, 3.8) is 0 Å². The standard InChI is InChI=1S/C22H15BrN4O3/c23-18-11-4-5-12-20(18)26-21(14-19(25-26)15-7-2-1-3-8-15)24-22(28)16-9-6-10-17(13-16)27(29)30/h1-14H,(H,24,28). The number of rotatable bonds is 5. The Labute approximate surface area is 180 Å². The third-order valence-corrected chi connectivity index (χ3v) is 5.09. The van der Waals surface area contributed by atoms with Crippen molar-refractivity contribution in [1.29, 1.82) is 0 Å². The summed E-state index contributed by atoms with van der Waals surface area (Å²) in [6.07, 6.45) is 0. The van der Waals surface area contributed by atoms with Crippen LogP contribution in [0.3, 0.4) is 0 Å². The molecule has 1 aromatic heterocycles. The first kappa shape index (κ1) is 19.5. The number of halogens is 1. The number of carbonyl (C=O) groups excluding carboxylic acids is 1. The zero-order chi connectivity index (χ0) is 21.1. The lowest BCUT2D eigenvalue weighted by atomic mass is 10.1. The fourth-order valence-electron chi connectivity index (χ4n) is 2.98. The first-order chi connectivity index (χ1) is 14.5. The van der Waals surface area contributed by atoms with Gasteiger partial charge < -0.3 is 5.32 Å². The van der Waals surface area contributed by atoms with Crippen LogP contribution in [-0.4, -0.2) is 20.6 Å². The van der Waals surface area contributed by atoms with Gasteiger partial charge in [-0.3, -0.25) is 14.9 Å². The lowest BCUT2D eigenvalue weighted by Gasteiger charge is -2.10. The molecule has 3 aromatic carbocycles. The van der Waals surface area contributed by atoms with Crippen LogP contribution < -0.4 is 5.32 Å². The normalized spacial score (nSPS) is 10.6. The van der Waals surface area contributed by atoms with Crippen LogP contribution in [0.15, 0.2) is 89.4 Å². The summed E-state index contributed by atoms with van der Waals surface area (Å²) < 4.78 is 2.43. The highest BCUT2D eigenvalue weighted by Gasteiger charge is 2.17. The second-order valence-electron chi connectivity index (χ2n) is 6.41. The van der Waals surface area contributed by atoms with E-state index in [0.717, 1.165) is 15.7 Å². The second kappa shape index (κ2) is 8.30. The molecule has 148 valence electrons. The van der Waals surface area contributed by atoms with E-state index in [9.17, 15) is 14.9 Å². The summed E-state index contributed by atoms with van der Waals surface area (Å²) in [5, 5.41) is 18.5. The molecule has 1 amide bonds. The fourth-order valence-corrected chi connectivity index (χ4v) is 3.43. The number of amides is 1. The Hall–Kier alpha value is -3.78. The number of benzene rings is 3. The molecule has 0 unspecified atom stereocenters. The summed E-state index contributed by atoms with van der Waals surface area (Å²) in [5.41, 5.74) is 2.36. The highest BCUT2D eigenvalue weighted by atomic mass is 79.9. The largest absolute Gasteiger partial charge is 0.306 e. The van der Waals surface area contributed by atoms with Crippen molar-refractivity contribution >= 4 is 33.3 Å². The van der Waals surface area contributed by atoms with Crippen LogP contribution >= 0.6 is 15.9 Å². The minimum atomic E-state index is -0.532. The summed E-state index contributed by atoms with van der Waals surface area (Å²) in [7, 11) is 0. The highest BCUT2D eigenvalue weighted by molar-refractivity contribution is 9.10. The fraction of sp³-hybridized carbons (Fsp3) is 0. The number of para-hydroxylation sites is 1. The zero-order valence-electron chi connectivity index (χ0n) is 15.5. The number of non-ortho nitro benzene ring substituents is 1. The Morgan fingerprint density at radius 2 is 1.70 bits per heavy atom. The molecule has 4 aromatic rings. The van der Waals surface area contributed by atoms with Crippen molar-refractivity contribution in [3.05, 3.63) is 105 Å². The molecule has 7 nitrogen and oxygen atoms in total. The molecule has 30 heavy (non-hydrogen) atoms. The van der Waals surface area contributed by atoms with Crippen LogP contribution in [0, 0.1) is 10.1 Å². The maximum absolute atomic E-state index is 12.8. The smallest absolute Gasteiger partial charge is 0.270 e. The third kappa shape index (κ3) is 3.99. The number of aromatic nitrogens is 2. The average Bonchev–Trinajstić information content (AvgIpc) is 3.18. The second-order valence-corrected chi connectivity index (χ2v) is 7.26. The summed E-state index contributed by atoms with van der Waals surface area (Å²) in [4.78, 5) is 23.3. The van der Waals surface area contributed by atoms with Crippen LogP contribution in [0.5, 0.6) is 0 Å². The Kier molecular flexibility index (Phi) is 5.40. The van der Waals surface area contributed by atoms with Crippen molar-refractivity contribution in [3.8, 4) is 16.9 Å². The molecule has 4 rings (SSSR count). The van der Waals surface area contributed by atoms with Gasteiger partial charge in [0.2, 0.25) is 0 Å². The molecular weight excluding hydrogens is 448 g/mol. The molecule has 8 heteroatoms. The van der Waals surface area contributed by atoms with Crippen LogP contribution in [0.4, 0.5) is 11.5 Å². The molecule has 0 aliphatic carbocycles. The molecule has 1 N–H and O–H groups in total. The molecule has 1 heterocycles. The number of nitro groups is 1. The number of nitrogens with one attached hydrogen (secondary N) is 1. The number of anilines is 1. The van der Waals surface area contributed by atoms with Crippen molar-refractivity contribution in [2.75, 3.05) is 5.32 Å². The Morgan fingerprint density at radius 1 is 0.967 bits per heavy atom. The molecule has 0 bridgehead atoms. The topological polar surface area (TPSA) is 90.1 Å². The van der Waals surface area contributed by atoms with Gasteiger partial charge in [-0.2, -0.15) is 5.10 Å². The molecular formula is C22H15BrN4O3. The quantitative estimate of drug-likeness (QED) is 0.314. The molecule has 0 atom stereocenters. The van der Waals surface area contributed by atoms with Crippen molar-refractivity contribution in [2.45, 2.75) is 0 Å². The van der Waals surface area contributed by atoms with E-state index in [-0.39, 0.29) is 11.3 Å². The van der Waals surface area contributed by atoms with Gasteiger partial charge in [0.25, 0.3) is 11.6 Å². The minimum absolute atomic E-state index is 0.146. The number of carbonyl (C=O) groups is 1. The Bertz CT molecular complexity index is 1240. The van der Waals surface area contributed by atoms with Gasteiger partial charge in [-0.15, -0.1) is 0 Å². The predicted octanol–water partition coefficient (Wildman–Crippen LogP) is 5.46. The Morgan fingerprint density at radius 3 is 2.43 bits per heavy atom. The minimum Gasteiger partial charge on any atom is -0.306 e. The van der Waals surface area contributed by atoms with Gasteiger partial charge in [0.05, 0.1) is 16.3 Å². The summed E-state index contributed by atoms with van der Waals surface area (Å²) in [6.45, 7) is 0. The molecule has 0 fully saturated rings. The first-order valence-electron chi connectivity index (χ1n) is 8.99. The molecule has 0 aliphatic heterocycles. The van der Waals surface area contributed by atoms with Crippen LogP contribution in [0.1, 0.15) is 10.4 Å². The van der Waals surface area contributed by atoms with Crippen LogP contribution in [0.2, 0.25) is 0 Å². The van der Waals surface area contributed by atoms with Gasteiger partial charge in [0.15, 0.2) is 0 Å². The zero-order valence-corrected chi connectivity index (χ0v) is 17.1. The van der Waals surface area contributed by atoms with Gasteiger partial charge in [-0.05, 0) is 34.1 Å². The number of hydrogen-bond donors (Lipinski definition) is 1. The number of nitro benzene ring substituents is 1. The summed E-state index contributed by atoms with van der Waals surface area (Å²) >= 11 is 3.52. The van der Waals surface area contributed by atoms with Crippen molar-refractivity contribution in [2.24, 2.45) is 0 Å².